The highest BCUT2D eigenvalue weighted by Crippen LogP contribution is 2.26. The maximum atomic E-state index is 6.13. The minimum Gasteiger partial charge on any atom is -0.367 e. The number of aryl methyl sites for hydroxylation is 2. The highest BCUT2D eigenvalue weighted by Gasteiger charge is 2.19. The molecule has 1 aliphatic carbocycles. The van der Waals surface area contributed by atoms with Gasteiger partial charge in [-0.15, -0.1) is 0 Å². The Kier molecular flexibility index (Phi) is 3.62. The van der Waals surface area contributed by atoms with Crippen LogP contribution in [0.3, 0.4) is 0 Å². The number of hydrogen-bond donors (Lipinski definition) is 1. The van der Waals surface area contributed by atoms with E-state index in [1.54, 1.807) is 0 Å². The van der Waals surface area contributed by atoms with Crippen molar-refractivity contribution in [1.29, 1.82) is 0 Å². The number of aromatic nitrogens is 2. The summed E-state index contributed by atoms with van der Waals surface area (Å²) in [6, 6.07) is 9.08. The van der Waals surface area contributed by atoms with Gasteiger partial charge < -0.3 is 5.32 Å². The van der Waals surface area contributed by atoms with Crippen molar-refractivity contribution < 1.29 is 0 Å². The topological polar surface area (TPSA) is 37.8 Å². The van der Waals surface area contributed by atoms with E-state index in [0.717, 1.165) is 30.6 Å². The van der Waals surface area contributed by atoms with Crippen LogP contribution in [0.1, 0.15) is 28.9 Å². The third-order valence-electron chi connectivity index (χ3n) is 3.89. The van der Waals surface area contributed by atoms with Crippen LogP contribution in [0.2, 0.25) is 5.15 Å². The predicted molar refractivity (Wildman–Crippen MR) is 82.4 cm³/mol. The Labute approximate surface area is 124 Å². The molecule has 20 heavy (non-hydrogen) atoms. The SMILES string of the molecule is Cc1nc(Cl)c(C)c(NC2CCc3ccccc3C2)n1. The van der Waals surface area contributed by atoms with Crippen molar-refractivity contribution in [3.05, 3.63) is 51.9 Å². The van der Waals surface area contributed by atoms with Gasteiger partial charge in [0.1, 0.15) is 16.8 Å². The van der Waals surface area contributed by atoms with Crippen LogP contribution in [0.5, 0.6) is 0 Å². The molecular weight excluding hydrogens is 270 g/mol. The zero-order valence-corrected chi connectivity index (χ0v) is 12.5. The van der Waals surface area contributed by atoms with Crippen LogP contribution in [0.15, 0.2) is 24.3 Å². The molecule has 0 saturated carbocycles. The first-order valence-electron chi connectivity index (χ1n) is 6.97. The maximum absolute atomic E-state index is 6.13. The molecule has 0 spiro atoms. The van der Waals surface area contributed by atoms with E-state index in [4.69, 9.17) is 11.6 Å². The van der Waals surface area contributed by atoms with Gasteiger partial charge in [-0.3, -0.25) is 0 Å². The van der Waals surface area contributed by atoms with Crippen molar-refractivity contribution in [2.75, 3.05) is 5.32 Å². The molecule has 0 fully saturated rings. The summed E-state index contributed by atoms with van der Waals surface area (Å²) < 4.78 is 0. The van der Waals surface area contributed by atoms with Crippen LogP contribution in [0.25, 0.3) is 0 Å². The normalized spacial score (nSPS) is 17.6. The molecule has 1 heterocycles. The summed E-state index contributed by atoms with van der Waals surface area (Å²) in [5, 5.41) is 4.07. The second-order valence-corrected chi connectivity index (χ2v) is 5.75. The molecule has 1 atom stereocenters. The first-order valence-corrected chi connectivity index (χ1v) is 7.35. The van der Waals surface area contributed by atoms with Gasteiger partial charge in [0.2, 0.25) is 0 Å². The molecule has 104 valence electrons. The molecule has 0 amide bonds. The number of benzene rings is 1. The molecule has 1 unspecified atom stereocenters. The summed E-state index contributed by atoms with van der Waals surface area (Å²) in [7, 11) is 0. The van der Waals surface area contributed by atoms with E-state index in [0.29, 0.717) is 17.0 Å². The van der Waals surface area contributed by atoms with Crippen LogP contribution < -0.4 is 5.32 Å². The lowest BCUT2D eigenvalue weighted by molar-refractivity contribution is 0.607. The number of nitrogens with zero attached hydrogens (tertiary/aromatic N) is 2. The summed E-state index contributed by atoms with van der Waals surface area (Å²) in [5.74, 6) is 1.58. The van der Waals surface area contributed by atoms with Crippen molar-refractivity contribution in [3.8, 4) is 0 Å². The van der Waals surface area contributed by atoms with Gasteiger partial charge in [0.05, 0.1) is 0 Å². The lowest BCUT2D eigenvalue weighted by atomic mass is 9.88. The molecule has 0 radical (unpaired) electrons. The van der Waals surface area contributed by atoms with Gasteiger partial charge in [-0.05, 0) is 44.2 Å². The lowest BCUT2D eigenvalue weighted by Gasteiger charge is -2.26. The summed E-state index contributed by atoms with van der Waals surface area (Å²) in [5.41, 5.74) is 3.83. The molecule has 0 aliphatic heterocycles. The highest BCUT2D eigenvalue weighted by molar-refractivity contribution is 6.30. The van der Waals surface area contributed by atoms with Crippen molar-refractivity contribution in [3.63, 3.8) is 0 Å². The fourth-order valence-corrected chi connectivity index (χ4v) is 2.96. The number of fused-ring (bicyclic) bond motifs is 1. The minimum atomic E-state index is 0.411. The fourth-order valence-electron chi connectivity index (χ4n) is 2.75. The van der Waals surface area contributed by atoms with Gasteiger partial charge in [0.25, 0.3) is 0 Å². The largest absolute Gasteiger partial charge is 0.367 e. The monoisotopic (exact) mass is 287 g/mol. The number of anilines is 1. The first-order chi connectivity index (χ1) is 9.63. The Hall–Kier alpha value is -1.61. The average molecular weight is 288 g/mol. The zero-order chi connectivity index (χ0) is 14.1. The van der Waals surface area contributed by atoms with E-state index in [1.807, 2.05) is 13.8 Å². The number of nitrogens with one attached hydrogen (secondary N) is 1. The van der Waals surface area contributed by atoms with E-state index >= 15 is 0 Å². The highest BCUT2D eigenvalue weighted by atomic mass is 35.5. The molecule has 0 bridgehead atoms. The van der Waals surface area contributed by atoms with E-state index < -0.39 is 0 Å². The van der Waals surface area contributed by atoms with Crippen molar-refractivity contribution in [2.24, 2.45) is 0 Å². The minimum absolute atomic E-state index is 0.411. The molecule has 1 aromatic heterocycles. The Morgan fingerprint density at radius 2 is 1.90 bits per heavy atom. The molecule has 1 N–H and O–H groups in total. The van der Waals surface area contributed by atoms with E-state index in [1.165, 1.54) is 11.1 Å². The summed E-state index contributed by atoms with van der Waals surface area (Å²) in [6.45, 7) is 3.83. The van der Waals surface area contributed by atoms with Crippen LogP contribution >= 0.6 is 11.6 Å². The third kappa shape index (κ3) is 2.63. The molecule has 4 heteroatoms. The van der Waals surface area contributed by atoms with Gasteiger partial charge in [0, 0.05) is 11.6 Å². The average Bonchev–Trinajstić information content (AvgIpc) is 2.44. The van der Waals surface area contributed by atoms with Crippen LogP contribution in [0.4, 0.5) is 5.82 Å². The van der Waals surface area contributed by atoms with E-state index in [-0.39, 0.29) is 0 Å². The van der Waals surface area contributed by atoms with Crippen molar-refractivity contribution in [1.82, 2.24) is 9.97 Å². The summed E-state index contributed by atoms with van der Waals surface area (Å²) >= 11 is 6.13. The maximum Gasteiger partial charge on any atom is 0.137 e. The molecular formula is C16H18ClN3. The molecule has 0 saturated heterocycles. The fraction of sp³-hybridized carbons (Fsp3) is 0.375. The van der Waals surface area contributed by atoms with E-state index in [2.05, 4.69) is 39.6 Å². The van der Waals surface area contributed by atoms with Gasteiger partial charge in [0.15, 0.2) is 0 Å². The van der Waals surface area contributed by atoms with Crippen LogP contribution in [-0.2, 0) is 12.8 Å². The van der Waals surface area contributed by atoms with Gasteiger partial charge >= 0.3 is 0 Å². The van der Waals surface area contributed by atoms with Crippen molar-refractivity contribution in [2.45, 2.75) is 39.2 Å². The molecule has 3 nitrogen and oxygen atoms in total. The zero-order valence-electron chi connectivity index (χ0n) is 11.8. The quantitative estimate of drug-likeness (QED) is 0.856. The van der Waals surface area contributed by atoms with Gasteiger partial charge in [-0.2, -0.15) is 0 Å². The molecule has 3 rings (SSSR count). The summed E-state index contributed by atoms with van der Waals surface area (Å²) in [6.07, 6.45) is 3.28. The molecule has 1 aliphatic rings. The molecule has 1 aromatic carbocycles. The third-order valence-corrected chi connectivity index (χ3v) is 4.25. The lowest BCUT2D eigenvalue weighted by Crippen LogP contribution is -2.28. The number of halogens is 1. The molecule has 2 aromatic rings. The van der Waals surface area contributed by atoms with Crippen molar-refractivity contribution >= 4 is 17.4 Å². The van der Waals surface area contributed by atoms with Gasteiger partial charge in [-0.25, -0.2) is 9.97 Å². The smallest absolute Gasteiger partial charge is 0.137 e. The summed E-state index contributed by atoms with van der Waals surface area (Å²) in [4.78, 5) is 8.65. The Morgan fingerprint density at radius 3 is 2.70 bits per heavy atom. The Balaban J connectivity index is 1.80. The number of hydrogen-bond acceptors (Lipinski definition) is 3. The van der Waals surface area contributed by atoms with Gasteiger partial charge in [-0.1, -0.05) is 35.9 Å². The van der Waals surface area contributed by atoms with Crippen LogP contribution in [0, 0.1) is 13.8 Å². The Bertz CT molecular complexity index is 640. The number of rotatable bonds is 2. The standard InChI is InChI=1S/C16H18ClN3/c1-10-15(17)18-11(2)19-16(10)20-14-8-7-12-5-3-4-6-13(12)9-14/h3-6,14H,7-9H2,1-2H3,(H,18,19,20). The van der Waals surface area contributed by atoms with E-state index in [9.17, 15) is 0 Å². The Morgan fingerprint density at radius 1 is 1.15 bits per heavy atom. The first kappa shape index (κ1) is 13.4. The van der Waals surface area contributed by atoms with Crippen LogP contribution in [-0.4, -0.2) is 16.0 Å². The second-order valence-electron chi connectivity index (χ2n) is 5.39. The predicted octanol–water partition coefficient (Wildman–Crippen LogP) is 3.72. The second kappa shape index (κ2) is 5.41.